The highest BCUT2D eigenvalue weighted by molar-refractivity contribution is 5.93. The van der Waals surface area contributed by atoms with E-state index in [4.69, 9.17) is 13.5 Å². The maximum Gasteiger partial charge on any atom is 0.276 e. The topological polar surface area (TPSA) is 98.4 Å². The van der Waals surface area contributed by atoms with E-state index in [9.17, 15) is 4.79 Å². The number of aryl methyl sites for hydroxylation is 1. The molecule has 0 saturated carbocycles. The SMILES string of the molecule is Cc1nc([C@H]2CCCCCN2C(=O)c2cc(-c3ccco3)on2)no1. The van der Waals surface area contributed by atoms with Crippen molar-refractivity contribution in [3.8, 4) is 11.5 Å². The molecular weight excluding hydrogens is 324 g/mol. The molecule has 1 fully saturated rings. The fraction of sp³-hybridized carbons (Fsp3) is 0.412. The maximum absolute atomic E-state index is 13.0. The summed E-state index contributed by atoms with van der Waals surface area (Å²) in [6.45, 7) is 2.37. The number of hydrogen-bond acceptors (Lipinski definition) is 7. The van der Waals surface area contributed by atoms with Gasteiger partial charge < -0.3 is 18.4 Å². The number of nitrogens with zero attached hydrogens (tertiary/aromatic N) is 4. The van der Waals surface area contributed by atoms with Gasteiger partial charge in [0.2, 0.25) is 11.7 Å². The van der Waals surface area contributed by atoms with Gasteiger partial charge in [-0.3, -0.25) is 4.79 Å². The van der Waals surface area contributed by atoms with Crippen LogP contribution in [0.2, 0.25) is 0 Å². The fourth-order valence-electron chi connectivity index (χ4n) is 3.13. The van der Waals surface area contributed by atoms with Gasteiger partial charge in [-0.1, -0.05) is 23.2 Å². The monoisotopic (exact) mass is 342 g/mol. The summed E-state index contributed by atoms with van der Waals surface area (Å²) in [6, 6.07) is 4.90. The first kappa shape index (κ1) is 15.6. The third-order valence-corrected chi connectivity index (χ3v) is 4.35. The van der Waals surface area contributed by atoms with Gasteiger partial charge in [0.1, 0.15) is 0 Å². The molecule has 4 heterocycles. The predicted molar refractivity (Wildman–Crippen MR) is 85.5 cm³/mol. The summed E-state index contributed by atoms with van der Waals surface area (Å²) in [5.41, 5.74) is 0.249. The minimum absolute atomic E-state index is 0.198. The number of furan rings is 1. The van der Waals surface area contributed by atoms with Crippen molar-refractivity contribution in [3.05, 3.63) is 41.9 Å². The summed E-state index contributed by atoms with van der Waals surface area (Å²) in [4.78, 5) is 19.1. The molecule has 25 heavy (non-hydrogen) atoms. The minimum Gasteiger partial charge on any atom is -0.461 e. The molecule has 0 bridgehead atoms. The number of amides is 1. The molecule has 0 aliphatic carbocycles. The third kappa shape index (κ3) is 3.07. The smallest absolute Gasteiger partial charge is 0.276 e. The van der Waals surface area contributed by atoms with Gasteiger partial charge in [-0.05, 0) is 25.0 Å². The first-order valence-corrected chi connectivity index (χ1v) is 8.34. The Labute approximate surface area is 143 Å². The molecule has 3 aromatic rings. The van der Waals surface area contributed by atoms with Crippen molar-refractivity contribution >= 4 is 5.91 Å². The zero-order chi connectivity index (χ0) is 17.2. The molecule has 0 aromatic carbocycles. The Morgan fingerprint density at radius 3 is 2.88 bits per heavy atom. The summed E-state index contributed by atoms with van der Waals surface area (Å²) < 4.78 is 15.6. The van der Waals surface area contributed by atoms with E-state index in [0.29, 0.717) is 29.8 Å². The van der Waals surface area contributed by atoms with Crippen molar-refractivity contribution < 1.29 is 18.3 Å². The Morgan fingerprint density at radius 2 is 2.12 bits per heavy atom. The molecule has 3 aromatic heterocycles. The van der Waals surface area contributed by atoms with E-state index < -0.39 is 0 Å². The first-order chi connectivity index (χ1) is 12.2. The van der Waals surface area contributed by atoms with Gasteiger partial charge in [0.15, 0.2) is 17.3 Å². The summed E-state index contributed by atoms with van der Waals surface area (Å²) in [5, 5.41) is 7.94. The zero-order valence-electron chi connectivity index (χ0n) is 13.8. The van der Waals surface area contributed by atoms with Crippen LogP contribution in [0.25, 0.3) is 11.5 Å². The van der Waals surface area contributed by atoms with E-state index in [0.717, 1.165) is 25.7 Å². The second-order valence-electron chi connectivity index (χ2n) is 6.09. The van der Waals surface area contributed by atoms with Gasteiger partial charge >= 0.3 is 0 Å². The van der Waals surface area contributed by atoms with Crippen LogP contribution in [-0.2, 0) is 0 Å². The molecule has 1 aliphatic heterocycles. The Kier molecular flexibility index (Phi) is 4.09. The molecule has 130 valence electrons. The molecule has 0 radical (unpaired) electrons. The van der Waals surface area contributed by atoms with Crippen molar-refractivity contribution in [2.24, 2.45) is 0 Å². The minimum atomic E-state index is -0.212. The molecule has 0 spiro atoms. The van der Waals surface area contributed by atoms with Crippen molar-refractivity contribution in [1.82, 2.24) is 20.2 Å². The van der Waals surface area contributed by atoms with Crippen LogP contribution >= 0.6 is 0 Å². The Balaban J connectivity index is 1.62. The molecule has 8 nitrogen and oxygen atoms in total. The van der Waals surface area contributed by atoms with Gasteiger partial charge in [-0.25, -0.2) is 0 Å². The van der Waals surface area contributed by atoms with Crippen LogP contribution < -0.4 is 0 Å². The second kappa shape index (κ2) is 6.54. The van der Waals surface area contributed by atoms with Crippen molar-refractivity contribution in [3.63, 3.8) is 0 Å². The number of carbonyl (C=O) groups excluding carboxylic acids is 1. The third-order valence-electron chi connectivity index (χ3n) is 4.35. The normalized spacial score (nSPS) is 18.3. The van der Waals surface area contributed by atoms with Gasteiger partial charge in [0.25, 0.3) is 5.91 Å². The van der Waals surface area contributed by atoms with E-state index >= 15 is 0 Å². The lowest BCUT2D eigenvalue weighted by atomic mass is 10.1. The average Bonchev–Trinajstić information content (AvgIpc) is 3.33. The van der Waals surface area contributed by atoms with Crippen LogP contribution in [0.3, 0.4) is 0 Å². The van der Waals surface area contributed by atoms with Gasteiger partial charge in [-0.15, -0.1) is 0 Å². The largest absolute Gasteiger partial charge is 0.461 e. The highest BCUT2D eigenvalue weighted by atomic mass is 16.5. The Hall–Kier alpha value is -2.90. The van der Waals surface area contributed by atoms with E-state index in [1.807, 2.05) is 0 Å². The van der Waals surface area contributed by atoms with Crippen LogP contribution in [0.15, 0.2) is 37.9 Å². The lowest BCUT2D eigenvalue weighted by molar-refractivity contribution is 0.0660. The van der Waals surface area contributed by atoms with Crippen LogP contribution in [-0.4, -0.2) is 32.6 Å². The zero-order valence-corrected chi connectivity index (χ0v) is 13.8. The van der Waals surface area contributed by atoms with Crippen molar-refractivity contribution in [2.45, 2.75) is 38.6 Å². The summed E-state index contributed by atoms with van der Waals surface area (Å²) in [5.74, 6) is 1.80. The molecule has 1 amide bonds. The number of aromatic nitrogens is 3. The summed E-state index contributed by atoms with van der Waals surface area (Å²) in [6.07, 6.45) is 5.35. The lowest BCUT2D eigenvalue weighted by Crippen LogP contribution is -2.35. The first-order valence-electron chi connectivity index (χ1n) is 8.34. The van der Waals surface area contributed by atoms with Gasteiger partial charge in [0, 0.05) is 19.5 Å². The van der Waals surface area contributed by atoms with Crippen LogP contribution in [0.5, 0.6) is 0 Å². The molecule has 0 N–H and O–H groups in total. The predicted octanol–water partition coefficient (Wildman–Crippen LogP) is 3.38. The Bertz CT molecular complexity index is 852. The molecule has 4 rings (SSSR count). The summed E-state index contributed by atoms with van der Waals surface area (Å²) in [7, 11) is 0. The molecule has 1 aliphatic rings. The molecule has 1 atom stereocenters. The van der Waals surface area contributed by atoms with Crippen LogP contribution in [0.4, 0.5) is 0 Å². The average molecular weight is 342 g/mol. The quantitative estimate of drug-likeness (QED) is 0.719. The number of carbonyl (C=O) groups is 1. The van der Waals surface area contributed by atoms with E-state index in [1.165, 1.54) is 0 Å². The fourth-order valence-corrected chi connectivity index (χ4v) is 3.13. The second-order valence-corrected chi connectivity index (χ2v) is 6.09. The van der Waals surface area contributed by atoms with Crippen LogP contribution in [0, 0.1) is 6.92 Å². The molecule has 0 unspecified atom stereocenters. The van der Waals surface area contributed by atoms with E-state index in [2.05, 4.69) is 15.3 Å². The standard InChI is InChI=1S/C17H18N4O4/c1-11-18-16(20-24-11)13-6-3-2-4-8-21(13)17(22)12-10-15(25-19-12)14-7-5-9-23-14/h5,7,9-10,13H,2-4,6,8H2,1H3/t13-/m1/s1. The lowest BCUT2D eigenvalue weighted by Gasteiger charge is -2.26. The number of hydrogen-bond donors (Lipinski definition) is 0. The van der Waals surface area contributed by atoms with Crippen molar-refractivity contribution in [2.75, 3.05) is 6.54 Å². The van der Waals surface area contributed by atoms with Crippen molar-refractivity contribution in [1.29, 1.82) is 0 Å². The highest BCUT2D eigenvalue weighted by Crippen LogP contribution is 2.30. The Morgan fingerprint density at radius 1 is 1.20 bits per heavy atom. The van der Waals surface area contributed by atoms with E-state index in [-0.39, 0.29) is 17.6 Å². The molecule has 8 heteroatoms. The molecular formula is C17H18N4O4. The number of rotatable bonds is 3. The maximum atomic E-state index is 13.0. The summed E-state index contributed by atoms with van der Waals surface area (Å²) >= 11 is 0. The van der Waals surface area contributed by atoms with Gasteiger partial charge in [0.05, 0.1) is 12.3 Å². The molecule has 1 saturated heterocycles. The van der Waals surface area contributed by atoms with E-state index in [1.54, 1.807) is 36.3 Å². The van der Waals surface area contributed by atoms with Gasteiger partial charge in [-0.2, -0.15) is 4.98 Å². The number of likely N-dealkylation sites (tertiary alicyclic amines) is 1. The highest BCUT2D eigenvalue weighted by Gasteiger charge is 2.32. The van der Waals surface area contributed by atoms with Crippen LogP contribution in [0.1, 0.15) is 53.9 Å².